The van der Waals surface area contributed by atoms with Gasteiger partial charge in [-0.25, -0.2) is 5.11 Å². The van der Waals surface area contributed by atoms with Crippen molar-refractivity contribution >= 4 is 11.4 Å². The zero-order valence-electron chi connectivity index (χ0n) is 6.62. The molecule has 0 fully saturated rings. The van der Waals surface area contributed by atoms with Gasteiger partial charge in [-0.15, -0.1) is 0 Å². The molecule has 4 N–H and O–H groups in total. The fourth-order valence-corrected chi connectivity index (χ4v) is 0.850. The highest BCUT2D eigenvalue weighted by Crippen LogP contribution is 2.23. The number of hydrogen-bond acceptors (Lipinski definition) is 3. The minimum absolute atomic E-state index is 0.133. The number of nitrogen functional groups attached to an aromatic ring is 2. The van der Waals surface area contributed by atoms with Crippen LogP contribution < -0.4 is 16.2 Å². The quantitative estimate of drug-likeness (QED) is 0.649. The lowest BCUT2D eigenvalue weighted by Crippen LogP contribution is -2.03. The molecule has 1 rings (SSSR count). The second-order valence-electron chi connectivity index (χ2n) is 2.35. The maximum absolute atomic E-state index is 10.1. The van der Waals surface area contributed by atoms with E-state index in [9.17, 15) is 5.11 Å². The Bertz CT molecular complexity index is 263. The van der Waals surface area contributed by atoms with Crippen LogP contribution in [0.1, 0.15) is 0 Å². The van der Waals surface area contributed by atoms with Crippen molar-refractivity contribution in [2.75, 3.05) is 24.7 Å². The first-order valence-electron chi connectivity index (χ1n) is 3.60. The second-order valence-corrected chi connectivity index (χ2v) is 2.35. The number of ether oxygens (including phenoxy) is 1. The Morgan fingerprint density at radius 1 is 1.33 bits per heavy atom. The van der Waals surface area contributed by atoms with Crippen LogP contribution in [0.2, 0.25) is 0 Å². The van der Waals surface area contributed by atoms with Gasteiger partial charge in [-0.1, -0.05) is 0 Å². The zero-order chi connectivity index (χ0) is 8.97. The van der Waals surface area contributed by atoms with Gasteiger partial charge in [0.15, 0.2) is 0 Å². The average Bonchev–Trinajstić information content (AvgIpc) is 2.03. The lowest BCUT2D eigenvalue weighted by atomic mass is 10.2. The topological polar surface area (TPSA) is 81.2 Å². The molecule has 0 spiro atoms. The highest BCUT2D eigenvalue weighted by atomic mass is 16.5. The summed E-state index contributed by atoms with van der Waals surface area (Å²) in [6.07, 6.45) is 0. The van der Waals surface area contributed by atoms with Gasteiger partial charge in [-0.2, -0.15) is 0 Å². The number of anilines is 2. The van der Waals surface area contributed by atoms with E-state index in [-0.39, 0.29) is 13.2 Å². The van der Waals surface area contributed by atoms with Crippen molar-refractivity contribution in [2.45, 2.75) is 0 Å². The monoisotopic (exact) mass is 167 g/mol. The number of rotatable bonds is 3. The van der Waals surface area contributed by atoms with E-state index in [1.54, 1.807) is 18.2 Å². The first-order valence-corrected chi connectivity index (χ1v) is 3.60. The van der Waals surface area contributed by atoms with Crippen LogP contribution in [-0.4, -0.2) is 13.2 Å². The van der Waals surface area contributed by atoms with E-state index in [4.69, 9.17) is 16.2 Å². The Morgan fingerprint density at radius 3 is 2.67 bits per heavy atom. The summed E-state index contributed by atoms with van der Waals surface area (Å²) in [5.41, 5.74) is 12.1. The molecule has 65 valence electrons. The summed E-state index contributed by atoms with van der Waals surface area (Å²) < 4.78 is 5.05. The molecule has 0 heterocycles. The van der Waals surface area contributed by atoms with Crippen molar-refractivity contribution < 1.29 is 9.84 Å². The van der Waals surface area contributed by atoms with Gasteiger partial charge in [-0.3, -0.25) is 0 Å². The van der Waals surface area contributed by atoms with Crippen LogP contribution in [0.15, 0.2) is 18.2 Å². The first kappa shape index (κ1) is 8.67. The normalized spacial score (nSPS) is 9.75. The molecule has 0 saturated carbocycles. The molecule has 0 bridgehead atoms. The van der Waals surface area contributed by atoms with Crippen molar-refractivity contribution in [3.05, 3.63) is 18.2 Å². The van der Waals surface area contributed by atoms with Gasteiger partial charge in [-0.05, 0) is 18.2 Å². The molecule has 1 radical (unpaired) electrons. The van der Waals surface area contributed by atoms with Crippen LogP contribution >= 0.6 is 0 Å². The van der Waals surface area contributed by atoms with Crippen molar-refractivity contribution in [2.24, 2.45) is 0 Å². The van der Waals surface area contributed by atoms with E-state index in [0.717, 1.165) is 0 Å². The van der Waals surface area contributed by atoms with Crippen molar-refractivity contribution in [1.29, 1.82) is 0 Å². The molecule has 0 saturated heterocycles. The molecule has 0 unspecified atom stereocenters. The maximum atomic E-state index is 10.1. The molecule has 0 aliphatic heterocycles. The van der Waals surface area contributed by atoms with Gasteiger partial charge in [0, 0.05) is 5.69 Å². The highest BCUT2D eigenvalue weighted by Gasteiger charge is 1.99. The smallest absolute Gasteiger partial charge is 0.142 e. The minimum atomic E-state index is -0.274. The van der Waals surface area contributed by atoms with E-state index in [1.807, 2.05) is 0 Å². The molecule has 0 aliphatic rings. The SMILES string of the molecule is Nc1ccc(OCC[O])c(N)c1. The molecular formula is C8H11N2O2. The number of hydrogen-bond donors (Lipinski definition) is 2. The van der Waals surface area contributed by atoms with Gasteiger partial charge < -0.3 is 16.2 Å². The molecule has 0 aromatic heterocycles. The fraction of sp³-hybridized carbons (Fsp3) is 0.250. The summed E-state index contributed by atoms with van der Waals surface area (Å²) in [5, 5.41) is 10.1. The van der Waals surface area contributed by atoms with Crippen LogP contribution in [0.3, 0.4) is 0 Å². The lowest BCUT2D eigenvalue weighted by Gasteiger charge is -2.06. The summed E-state index contributed by atoms with van der Waals surface area (Å²) >= 11 is 0. The van der Waals surface area contributed by atoms with E-state index < -0.39 is 0 Å². The summed E-state index contributed by atoms with van der Waals surface area (Å²) in [6.45, 7) is -0.141. The molecule has 4 nitrogen and oxygen atoms in total. The maximum Gasteiger partial charge on any atom is 0.142 e. The first-order chi connectivity index (χ1) is 5.74. The van der Waals surface area contributed by atoms with Crippen LogP contribution in [0.25, 0.3) is 0 Å². The third-order valence-electron chi connectivity index (χ3n) is 1.37. The summed E-state index contributed by atoms with van der Waals surface area (Å²) in [7, 11) is 0. The van der Waals surface area contributed by atoms with Crippen molar-refractivity contribution in [1.82, 2.24) is 0 Å². The Morgan fingerprint density at radius 2 is 2.08 bits per heavy atom. The van der Waals surface area contributed by atoms with Gasteiger partial charge >= 0.3 is 0 Å². The van der Waals surface area contributed by atoms with Crippen LogP contribution in [-0.2, 0) is 5.11 Å². The van der Waals surface area contributed by atoms with E-state index in [1.165, 1.54) is 0 Å². The Labute approximate surface area is 70.7 Å². The summed E-state index contributed by atoms with van der Waals surface area (Å²) in [6, 6.07) is 4.93. The predicted octanol–water partition coefficient (Wildman–Crippen LogP) is 0.660. The molecule has 0 aliphatic carbocycles. The second kappa shape index (κ2) is 3.82. The lowest BCUT2D eigenvalue weighted by molar-refractivity contribution is 0.138. The molecular weight excluding hydrogens is 156 g/mol. The molecule has 0 amide bonds. The standard InChI is InChI=1S/C8H11N2O2/c9-6-1-2-8(7(10)5-6)12-4-3-11/h1-2,5H,3-4,9-10H2. The van der Waals surface area contributed by atoms with Gasteiger partial charge in [0.1, 0.15) is 19.0 Å². The van der Waals surface area contributed by atoms with Gasteiger partial charge in [0.2, 0.25) is 0 Å². The number of benzene rings is 1. The van der Waals surface area contributed by atoms with Crippen LogP contribution in [0.4, 0.5) is 11.4 Å². The zero-order valence-corrected chi connectivity index (χ0v) is 6.62. The van der Waals surface area contributed by atoms with Crippen molar-refractivity contribution in [3.8, 4) is 5.75 Å². The molecule has 1 aromatic rings. The fourth-order valence-electron chi connectivity index (χ4n) is 0.850. The minimum Gasteiger partial charge on any atom is -0.489 e. The van der Waals surface area contributed by atoms with Gasteiger partial charge in [0.05, 0.1) is 5.69 Å². The summed E-state index contributed by atoms with van der Waals surface area (Å²) in [4.78, 5) is 0. The molecule has 12 heavy (non-hydrogen) atoms. The predicted molar refractivity (Wildman–Crippen MR) is 46.3 cm³/mol. The highest BCUT2D eigenvalue weighted by molar-refractivity contribution is 5.60. The molecule has 1 aromatic carbocycles. The van der Waals surface area contributed by atoms with Crippen LogP contribution in [0, 0.1) is 0 Å². The third kappa shape index (κ3) is 2.03. The third-order valence-corrected chi connectivity index (χ3v) is 1.37. The van der Waals surface area contributed by atoms with Crippen molar-refractivity contribution in [3.63, 3.8) is 0 Å². The Hall–Kier alpha value is -1.42. The summed E-state index contributed by atoms with van der Waals surface area (Å²) in [5.74, 6) is 0.514. The van der Waals surface area contributed by atoms with Gasteiger partial charge in [0.25, 0.3) is 0 Å². The Balaban J connectivity index is 2.72. The van der Waals surface area contributed by atoms with Crippen LogP contribution in [0.5, 0.6) is 5.75 Å². The molecule has 0 atom stereocenters. The molecule has 4 heteroatoms. The largest absolute Gasteiger partial charge is 0.489 e. The Kier molecular flexibility index (Phi) is 2.76. The number of nitrogens with two attached hydrogens (primary N) is 2. The average molecular weight is 167 g/mol. The van der Waals surface area contributed by atoms with E-state index in [0.29, 0.717) is 17.1 Å². The van der Waals surface area contributed by atoms with E-state index >= 15 is 0 Å². The van der Waals surface area contributed by atoms with E-state index in [2.05, 4.69) is 0 Å².